The van der Waals surface area contributed by atoms with Crippen molar-refractivity contribution in [2.75, 3.05) is 19.4 Å². The van der Waals surface area contributed by atoms with Gasteiger partial charge in [-0.25, -0.2) is 0 Å². The Morgan fingerprint density at radius 1 is 0.450 bits per heavy atom. The van der Waals surface area contributed by atoms with E-state index in [1.165, 1.54) is 135 Å². The number of rotatable bonds is 31. The normalized spacial score (nSPS) is 11.3. The van der Waals surface area contributed by atoms with Gasteiger partial charge in [-0.2, -0.15) is 0 Å². The lowest BCUT2D eigenvalue weighted by Gasteiger charge is -2.27. The summed E-state index contributed by atoms with van der Waals surface area (Å²) in [5.74, 6) is 1.93. The van der Waals surface area contributed by atoms with Crippen molar-refractivity contribution in [1.82, 2.24) is 0 Å². The highest BCUT2D eigenvalue weighted by atomic mass is 31.2. The lowest BCUT2D eigenvalue weighted by atomic mass is 9.97. The maximum absolute atomic E-state index is 6.44. The smallest absolute Gasteiger partial charge is 0.127 e. The fourth-order valence-electron chi connectivity index (χ4n) is 8.60. The third-order valence-corrected chi connectivity index (χ3v) is 16.4. The van der Waals surface area contributed by atoms with Crippen molar-refractivity contribution in [3.05, 3.63) is 164 Å². The van der Waals surface area contributed by atoms with Gasteiger partial charge in [-0.1, -0.05) is 169 Å². The number of benzene rings is 5. The van der Waals surface area contributed by atoms with Crippen LogP contribution in [0.3, 0.4) is 0 Å². The van der Waals surface area contributed by atoms with E-state index in [2.05, 4.69) is 147 Å². The van der Waals surface area contributed by atoms with E-state index in [1.54, 1.807) is 0 Å². The molecule has 318 valence electrons. The van der Waals surface area contributed by atoms with Crippen LogP contribution in [0.25, 0.3) is 11.1 Å². The Hall–Kier alpha value is -4.39. The number of allylic oxidation sites excluding steroid dienone is 2. The van der Waals surface area contributed by atoms with Crippen LogP contribution in [-0.4, -0.2) is 19.4 Å². The second-order valence-corrected chi connectivity index (χ2v) is 20.1. The van der Waals surface area contributed by atoms with Gasteiger partial charge in [0, 0.05) is 5.56 Å². The highest BCUT2D eigenvalue weighted by Crippen LogP contribution is 2.56. The lowest BCUT2D eigenvalue weighted by molar-refractivity contribution is 0.301. The molecule has 0 aromatic heterocycles. The molecule has 0 saturated carbocycles. The molecule has 0 unspecified atom stereocenters. The molecule has 0 aliphatic heterocycles. The molecular weight excluding hydrogens is 748 g/mol. The van der Waals surface area contributed by atoms with Gasteiger partial charge in [0.2, 0.25) is 0 Å². The molecule has 0 bridgehead atoms. The van der Waals surface area contributed by atoms with Gasteiger partial charge in [0.15, 0.2) is 0 Å². The third-order valence-electron chi connectivity index (χ3n) is 11.9. The zero-order valence-corrected chi connectivity index (χ0v) is 37.9. The molecule has 5 rings (SSSR count). The minimum Gasteiger partial charge on any atom is -0.493 e. The maximum atomic E-state index is 6.44. The second-order valence-electron chi connectivity index (χ2n) is 16.5. The quantitative estimate of drug-likeness (QED) is 0.0252. The molecule has 0 fully saturated rings. The van der Waals surface area contributed by atoms with Crippen LogP contribution < -0.4 is 25.4 Å². The Morgan fingerprint density at radius 3 is 1.40 bits per heavy atom. The zero-order valence-electron chi connectivity index (χ0n) is 37.0. The maximum Gasteiger partial charge on any atom is 0.127 e. The lowest BCUT2D eigenvalue weighted by Crippen LogP contribution is -2.33. The summed E-state index contributed by atoms with van der Waals surface area (Å²) in [7, 11) is -1.73. The topological polar surface area (TPSA) is 18.5 Å². The SMILES string of the molecule is C=CCc1ccc(OCCCCCCCCCCC)c(-c2ccc(OCCCCCCCCCC[P+](c3ccccc3)(c3ccccc3)c3ccccc3)c(CC=C)c2)c1. The molecule has 0 atom stereocenters. The van der Waals surface area contributed by atoms with E-state index in [-0.39, 0.29) is 0 Å². The zero-order chi connectivity index (χ0) is 41.9. The molecule has 3 heteroatoms. The first kappa shape index (κ1) is 46.7. The first-order valence-electron chi connectivity index (χ1n) is 23.5. The Labute approximate surface area is 365 Å². The second kappa shape index (κ2) is 27.5. The Balaban J connectivity index is 1.06. The highest BCUT2D eigenvalue weighted by molar-refractivity contribution is 7.95. The minimum absolute atomic E-state index is 0.746. The van der Waals surface area contributed by atoms with Crippen molar-refractivity contribution in [3.63, 3.8) is 0 Å². The molecule has 0 spiro atoms. The largest absolute Gasteiger partial charge is 0.493 e. The van der Waals surface area contributed by atoms with Gasteiger partial charge in [0.25, 0.3) is 0 Å². The van der Waals surface area contributed by atoms with Crippen molar-refractivity contribution in [3.8, 4) is 22.6 Å². The fraction of sp³-hybridized carbons (Fsp3) is 0.404. The van der Waals surface area contributed by atoms with Crippen LogP contribution in [0, 0.1) is 0 Å². The van der Waals surface area contributed by atoms with Gasteiger partial charge >= 0.3 is 0 Å². The minimum atomic E-state index is -1.73. The molecule has 5 aromatic carbocycles. The summed E-state index contributed by atoms with van der Waals surface area (Å²) in [6.45, 7) is 11.8. The molecule has 5 aromatic rings. The van der Waals surface area contributed by atoms with Crippen molar-refractivity contribution in [1.29, 1.82) is 0 Å². The first-order valence-corrected chi connectivity index (χ1v) is 25.5. The number of ether oxygens (including phenoxy) is 2. The van der Waals surface area contributed by atoms with Crippen LogP contribution in [-0.2, 0) is 12.8 Å². The van der Waals surface area contributed by atoms with Gasteiger partial charge in [-0.15, -0.1) is 13.2 Å². The van der Waals surface area contributed by atoms with Crippen molar-refractivity contribution >= 4 is 23.2 Å². The third kappa shape index (κ3) is 14.7. The molecule has 0 radical (unpaired) electrons. The average Bonchev–Trinajstić information content (AvgIpc) is 3.29. The van der Waals surface area contributed by atoms with Crippen LogP contribution in [0.4, 0.5) is 0 Å². The van der Waals surface area contributed by atoms with E-state index in [0.717, 1.165) is 56.0 Å². The van der Waals surface area contributed by atoms with E-state index >= 15 is 0 Å². The number of unbranched alkanes of at least 4 members (excludes halogenated alkanes) is 15. The van der Waals surface area contributed by atoms with Crippen LogP contribution in [0.5, 0.6) is 11.5 Å². The molecule has 60 heavy (non-hydrogen) atoms. The molecule has 2 nitrogen and oxygen atoms in total. The van der Waals surface area contributed by atoms with E-state index in [9.17, 15) is 0 Å². The van der Waals surface area contributed by atoms with Crippen molar-refractivity contribution in [2.45, 2.75) is 129 Å². The van der Waals surface area contributed by atoms with Gasteiger partial charge in [-0.05, 0) is 116 Å². The summed E-state index contributed by atoms with van der Waals surface area (Å²) < 4.78 is 12.9. The monoisotopic (exact) mass is 822 g/mol. The summed E-state index contributed by atoms with van der Waals surface area (Å²) in [5.41, 5.74) is 4.74. The Kier molecular flexibility index (Phi) is 21.4. The van der Waals surface area contributed by atoms with Crippen LogP contribution in [0.1, 0.15) is 127 Å². The molecule has 0 heterocycles. The van der Waals surface area contributed by atoms with Gasteiger partial charge < -0.3 is 9.47 Å². The predicted molar refractivity (Wildman–Crippen MR) is 265 cm³/mol. The van der Waals surface area contributed by atoms with E-state index in [4.69, 9.17) is 9.47 Å². The number of hydrogen-bond donors (Lipinski definition) is 0. The molecule has 0 amide bonds. The summed E-state index contributed by atoms with van der Waals surface area (Å²) in [6.07, 6.45) is 28.6. The highest BCUT2D eigenvalue weighted by Gasteiger charge is 2.44. The summed E-state index contributed by atoms with van der Waals surface area (Å²) in [4.78, 5) is 0. The van der Waals surface area contributed by atoms with Gasteiger partial charge in [-0.3, -0.25) is 0 Å². The van der Waals surface area contributed by atoms with Crippen molar-refractivity contribution < 1.29 is 9.47 Å². The Bertz CT molecular complexity index is 1820. The molecule has 0 aliphatic rings. The molecule has 0 aliphatic carbocycles. The van der Waals surface area contributed by atoms with Crippen LogP contribution in [0.2, 0.25) is 0 Å². The molecule has 0 N–H and O–H groups in total. The van der Waals surface area contributed by atoms with Gasteiger partial charge in [0.05, 0.1) is 19.4 Å². The molecule has 0 saturated heterocycles. The summed E-state index contributed by atoms with van der Waals surface area (Å²) in [6, 6.07) is 47.1. The number of hydrogen-bond acceptors (Lipinski definition) is 2. The van der Waals surface area contributed by atoms with E-state index in [0.29, 0.717) is 0 Å². The van der Waals surface area contributed by atoms with Gasteiger partial charge in [0.1, 0.15) is 34.7 Å². The van der Waals surface area contributed by atoms with E-state index in [1.807, 2.05) is 12.2 Å². The van der Waals surface area contributed by atoms with Crippen molar-refractivity contribution in [2.24, 2.45) is 0 Å². The fourth-order valence-corrected chi connectivity index (χ4v) is 13.0. The van der Waals surface area contributed by atoms with Crippen LogP contribution >= 0.6 is 7.26 Å². The predicted octanol–water partition coefficient (Wildman–Crippen LogP) is 15.2. The van der Waals surface area contributed by atoms with Crippen LogP contribution in [0.15, 0.2) is 153 Å². The standard InChI is InChI=1S/C57H74O2P/c1-4-7-8-9-10-11-14-18-30-45-59-57-42-40-49(32-5-2)47-55(57)50-41-43-56(51(48-50)33-6-3)58-44-29-17-15-12-13-16-19-31-46-60(52-34-23-20-24-35-52,53-36-25-21-26-37-53)54-38-27-22-28-39-54/h5-6,20-28,34-43,47-48H,2-4,7-19,29-33,44-46H2,1H3/q+1. The summed E-state index contributed by atoms with van der Waals surface area (Å²) >= 11 is 0. The average molecular weight is 822 g/mol. The first-order chi connectivity index (χ1) is 29.7. The summed E-state index contributed by atoms with van der Waals surface area (Å²) in [5, 5.41) is 4.47. The van der Waals surface area contributed by atoms with E-state index < -0.39 is 7.26 Å². The molecular formula is C57H74O2P+. The Morgan fingerprint density at radius 2 is 0.900 bits per heavy atom.